The van der Waals surface area contributed by atoms with Gasteiger partial charge in [0, 0.05) is 43.9 Å². The summed E-state index contributed by atoms with van der Waals surface area (Å²) in [5.41, 5.74) is 8.72. The van der Waals surface area contributed by atoms with Gasteiger partial charge >= 0.3 is 0 Å². The first-order chi connectivity index (χ1) is 24.8. The molecule has 0 fully saturated rings. The quantitative estimate of drug-likeness (QED) is 0.192. The summed E-state index contributed by atoms with van der Waals surface area (Å²) in [6.45, 7) is 0. The molecule has 3 heterocycles. The van der Waals surface area contributed by atoms with Crippen LogP contribution in [0.4, 0.5) is 0 Å². The number of aromatic nitrogens is 3. The van der Waals surface area contributed by atoms with E-state index in [0.717, 1.165) is 76.9 Å². The zero-order valence-corrected chi connectivity index (χ0v) is 26.7. The van der Waals surface area contributed by atoms with E-state index >= 15 is 0 Å². The van der Waals surface area contributed by atoms with E-state index in [1.807, 2.05) is 72.8 Å². The van der Waals surface area contributed by atoms with E-state index < -0.39 is 0 Å². The Hall–Kier alpha value is -7.03. The highest BCUT2D eigenvalue weighted by molar-refractivity contribution is 6.26. The zero-order chi connectivity index (χ0) is 33.2. The lowest BCUT2D eigenvalue weighted by molar-refractivity contribution is 0.671. The smallest absolute Gasteiger partial charge is 0.160 e. The highest BCUT2D eigenvalue weighted by Gasteiger charge is 2.26. The van der Waals surface area contributed by atoms with Gasteiger partial charge in [-0.1, -0.05) is 121 Å². The van der Waals surface area contributed by atoms with Crippen LogP contribution in [-0.2, 0) is 0 Å². The molecule has 0 aliphatic rings. The third kappa shape index (κ3) is 4.19. The molecule has 0 N–H and O–H groups in total. The highest BCUT2D eigenvalue weighted by atomic mass is 16.3. The van der Waals surface area contributed by atoms with Crippen molar-refractivity contribution in [3.63, 3.8) is 0 Å². The summed E-state index contributed by atoms with van der Waals surface area (Å²) in [5, 5.41) is 17.2. The second-order valence-corrected chi connectivity index (χ2v) is 12.5. The van der Waals surface area contributed by atoms with E-state index in [1.54, 1.807) is 0 Å². The number of furan rings is 1. The van der Waals surface area contributed by atoms with E-state index in [-0.39, 0.29) is 0 Å². The van der Waals surface area contributed by atoms with Gasteiger partial charge < -0.3 is 8.98 Å². The van der Waals surface area contributed by atoms with E-state index in [1.165, 1.54) is 0 Å². The standard InChI is InChI=1S/C45H26N4O/c46-27-37-41(31-24-23-28-13-7-8-16-30(28)25-31)47-45(29-14-3-1-4-15-29)48-42(37)36-26-35-33-19-9-11-21-38(33)49(32-17-5-2-6-18-32)43(35)44-40(36)34-20-10-12-22-39(34)50-44/h1-26H. The normalized spacial score (nSPS) is 11.6. The SMILES string of the molecule is N#Cc1c(-c2ccc3ccccc3c2)nc(-c2ccccc2)nc1-c1cc2c3ccccc3n(-c3ccccc3)c2c2oc3ccccc3c12. The van der Waals surface area contributed by atoms with Crippen LogP contribution < -0.4 is 0 Å². The number of benzene rings is 7. The van der Waals surface area contributed by atoms with Crippen LogP contribution in [0.3, 0.4) is 0 Å². The van der Waals surface area contributed by atoms with Crippen LogP contribution in [-0.4, -0.2) is 14.5 Å². The summed E-state index contributed by atoms with van der Waals surface area (Å²) >= 11 is 0. The Bertz CT molecular complexity index is 2990. The molecule has 0 unspecified atom stereocenters. The minimum absolute atomic E-state index is 0.415. The van der Waals surface area contributed by atoms with Gasteiger partial charge in [-0.2, -0.15) is 5.26 Å². The minimum Gasteiger partial charge on any atom is -0.454 e. The number of hydrogen-bond acceptors (Lipinski definition) is 4. The fraction of sp³-hybridized carbons (Fsp3) is 0. The molecule has 5 nitrogen and oxygen atoms in total. The monoisotopic (exact) mass is 638 g/mol. The van der Waals surface area contributed by atoms with Crippen molar-refractivity contribution in [1.82, 2.24) is 14.5 Å². The van der Waals surface area contributed by atoms with E-state index in [4.69, 9.17) is 14.4 Å². The lowest BCUT2D eigenvalue weighted by atomic mass is 9.94. The van der Waals surface area contributed by atoms with Crippen molar-refractivity contribution in [1.29, 1.82) is 5.26 Å². The minimum atomic E-state index is 0.415. The first-order valence-corrected chi connectivity index (χ1v) is 16.6. The van der Waals surface area contributed by atoms with Gasteiger partial charge in [0.15, 0.2) is 11.4 Å². The molecule has 0 aliphatic carbocycles. The van der Waals surface area contributed by atoms with Crippen molar-refractivity contribution in [2.24, 2.45) is 0 Å². The third-order valence-electron chi connectivity index (χ3n) is 9.63. The Labute approximate surface area is 286 Å². The van der Waals surface area contributed by atoms with Gasteiger partial charge in [-0.05, 0) is 47.2 Å². The number of para-hydroxylation sites is 3. The second kappa shape index (κ2) is 11.0. The number of rotatable bonds is 4. The van der Waals surface area contributed by atoms with Gasteiger partial charge in [-0.15, -0.1) is 0 Å². The Morgan fingerprint density at radius 3 is 2.06 bits per heavy atom. The van der Waals surface area contributed by atoms with Crippen LogP contribution in [0.25, 0.3) is 94.1 Å². The fourth-order valence-corrected chi connectivity index (χ4v) is 7.39. The molecule has 3 aromatic heterocycles. The molecule has 0 saturated carbocycles. The van der Waals surface area contributed by atoms with Crippen LogP contribution in [0.5, 0.6) is 0 Å². The molecule has 0 saturated heterocycles. The molecule has 10 aromatic rings. The third-order valence-corrected chi connectivity index (χ3v) is 9.63. The van der Waals surface area contributed by atoms with Crippen molar-refractivity contribution in [3.8, 4) is 45.7 Å². The highest BCUT2D eigenvalue weighted by Crippen LogP contribution is 2.46. The van der Waals surface area contributed by atoms with Crippen molar-refractivity contribution >= 4 is 54.5 Å². The van der Waals surface area contributed by atoms with E-state index in [9.17, 15) is 5.26 Å². The molecule has 0 atom stereocenters. The molecule has 0 bridgehead atoms. The lowest BCUT2D eigenvalue weighted by Gasteiger charge is -2.14. The van der Waals surface area contributed by atoms with Crippen molar-refractivity contribution < 1.29 is 4.42 Å². The van der Waals surface area contributed by atoms with E-state index in [2.05, 4.69) is 95.6 Å². The van der Waals surface area contributed by atoms with E-state index in [0.29, 0.717) is 22.8 Å². The molecule has 0 amide bonds. The maximum atomic E-state index is 11.0. The van der Waals surface area contributed by atoms with Crippen molar-refractivity contribution in [3.05, 3.63) is 163 Å². The predicted octanol–water partition coefficient (Wildman–Crippen LogP) is 11.5. The van der Waals surface area contributed by atoms with Crippen molar-refractivity contribution in [2.45, 2.75) is 0 Å². The van der Waals surface area contributed by atoms with Gasteiger partial charge in [0.25, 0.3) is 0 Å². The Morgan fingerprint density at radius 1 is 0.560 bits per heavy atom. The van der Waals surface area contributed by atoms with Gasteiger partial charge in [0.05, 0.1) is 22.4 Å². The van der Waals surface area contributed by atoms with Crippen LogP contribution in [0, 0.1) is 11.3 Å². The summed E-state index contributed by atoms with van der Waals surface area (Å²) in [7, 11) is 0. The summed E-state index contributed by atoms with van der Waals surface area (Å²) in [6.07, 6.45) is 0. The first kappa shape index (κ1) is 28.0. The maximum absolute atomic E-state index is 11.0. The van der Waals surface area contributed by atoms with Gasteiger partial charge in [-0.3, -0.25) is 0 Å². The van der Waals surface area contributed by atoms with Gasteiger partial charge in [0.1, 0.15) is 17.2 Å². The van der Waals surface area contributed by atoms with Gasteiger partial charge in [-0.25, -0.2) is 9.97 Å². The molecule has 10 rings (SSSR count). The summed E-state index contributed by atoms with van der Waals surface area (Å²) in [6, 6.07) is 56.1. The van der Waals surface area contributed by atoms with Crippen LogP contribution in [0.15, 0.2) is 162 Å². The molecular formula is C45H26N4O. The molecule has 0 spiro atoms. The Balaban J connectivity index is 1.38. The molecule has 50 heavy (non-hydrogen) atoms. The van der Waals surface area contributed by atoms with Crippen LogP contribution >= 0.6 is 0 Å². The first-order valence-electron chi connectivity index (χ1n) is 16.6. The van der Waals surface area contributed by atoms with Crippen LogP contribution in [0.2, 0.25) is 0 Å². The molecule has 7 aromatic carbocycles. The molecule has 0 aliphatic heterocycles. The lowest BCUT2D eigenvalue weighted by Crippen LogP contribution is -2.01. The van der Waals surface area contributed by atoms with Crippen LogP contribution in [0.1, 0.15) is 5.56 Å². The summed E-state index contributed by atoms with van der Waals surface area (Å²) in [5.74, 6) is 0.551. The Kier molecular flexibility index (Phi) is 6.17. The fourth-order valence-electron chi connectivity index (χ4n) is 7.39. The molecule has 5 heteroatoms. The number of nitriles is 1. The predicted molar refractivity (Wildman–Crippen MR) is 202 cm³/mol. The molecular weight excluding hydrogens is 613 g/mol. The number of nitrogens with zero attached hydrogens (tertiary/aromatic N) is 4. The summed E-state index contributed by atoms with van der Waals surface area (Å²) < 4.78 is 9.10. The number of hydrogen-bond donors (Lipinski definition) is 0. The number of fused-ring (bicyclic) bond motifs is 8. The molecule has 0 radical (unpaired) electrons. The topological polar surface area (TPSA) is 67.6 Å². The summed E-state index contributed by atoms with van der Waals surface area (Å²) in [4.78, 5) is 10.3. The Morgan fingerprint density at radius 2 is 1.24 bits per heavy atom. The average Bonchev–Trinajstić information content (AvgIpc) is 3.74. The average molecular weight is 639 g/mol. The second-order valence-electron chi connectivity index (χ2n) is 12.5. The maximum Gasteiger partial charge on any atom is 0.160 e. The van der Waals surface area contributed by atoms with Gasteiger partial charge in [0.2, 0.25) is 0 Å². The largest absolute Gasteiger partial charge is 0.454 e. The zero-order valence-electron chi connectivity index (χ0n) is 26.7. The van der Waals surface area contributed by atoms with Crippen molar-refractivity contribution in [2.75, 3.05) is 0 Å². The molecule has 232 valence electrons.